The van der Waals surface area contributed by atoms with Crippen LogP contribution >= 0.6 is 0 Å². The zero-order valence-electron chi connectivity index (χ0n) is 16.9. The number of nitrogens with one attached hydrogen (secondary N) is 2. The van der Waals surface area contributed by atoms with Crippen molar-refractivity contribution in [3.05, 3.63) is 35.9 Å². The van der Waals surface area contributed by atoms with E-state index in [2.05, 4.69) is 15.5 Å². The van der Waals surface area contributed by atoms with E-state index in [-0.39, 0.29) is 12.8 Å². The number of rotatable bonds is 14. The van der Waals surface area contributed by atoms with Gasteiger partial charge in [0.1, 0.15) is 12.1 Å². The van der Waals surface area contributed by atoms with Crippen molar-refractivity contribution >= 4 is 23.9 Å². The molecule has 166 valence electrons. The first-order valence-corrected chi connectivity index (χ1v) is 9.66. The monoisotopic (exact) mass is 423 g/mol. The number of benzene rings is 1. The van der Waals surface area contributed by atoms with Crippen LogP contribution in [0.15, 0.2) is 30.3 Å². The number of carbonyl (C=O) groups excluding carboxylic acids is 1. The number of hydrogen-bond acceptors (Lipinski definition) is 5. The zero-order chi connectivity index (χ0) is 22.5. The molecule has 5 N–H and O–H groups in total. The fraction of sp³-hybridized carbons (Fsp3) is 0.500. The number of amides is 2. The van der Waals surface area contributed by atoms with E-state index < -0.39 is 42.4 Å². The van der Waals surface area contributed by atoms with Gasteiger partial charge in [0.25, 0.3) is 0 Å². The fourth-order valence-corrected chi connectivity index (χ4v) is 2.85. The van der Waals surface area contributed by atoms with Gasteiger partial charge in [0.05, 0.1) is 0 Å². The molecule has 1 aromatic carbocycles. The molecule has 1 aromatic rings. The second-order valence-corrected chi connectivity index (χ2v) is 7.05. The van der Waals surface area contributed by atoms with Crippen LogP contribution in [0.25, 0.3) is 0 Å². The highest BCUT2D eigenvalue weighted by molar-refractivity contribution is 5.86. The van der Waals surface area contributed by atoms with Gasteiger partial charge in [-0.05, 0) is 44.8 Å². The Morgan fingerprint density at radius 2 is 1.47 bits per heavy atom. The van der Waals surface area contributed by atoms with Gasteiger partial charge in [0.15, 0.2) is 0 Å². The molecule has 0 bridgehead atoms. The lowest BCUT2D eigenvalue weighted by Crippen LogP contribution is -2.51. The Kier molecular flexibility index (Phi) is 10.9. The van der Waals surface area contributed by atoms with Crippen LogP contribution in [0.1, 0.15) is 37.7 Å². The Hall–Kier alpha value is -3.14. The number of unbranched alkanes of at least 4 members (excludes halogenated alkanes) is 1. The van der Waals surface area contributed by atoms with Gasteiger partial charge in [0.2, 0.25) is 0 Å². The van der Waals surface area contributed by atoms with E-state index in [9.17, 15) is 24.3 Å². The molecule has 0 aliphatic heterocycles. The molecule has 10 heteroatoms. The normalized spacial score (nSPS) is 12.7. The van der Waals surface area contributed by atoms with Crippen LogP contribution in [0.5, 0.6) is 0 Å². The molecule has 0 aromatic heterocycles. The average molecular weight is 423 g/mol. The quantitative estimate of drug-likeness (QED) is 0.281. The summed E-state index contributed by atoms with van der Waals surface area (Å²) in [5.41, 5.74) is 1.18. The number of carboxylic acid groups (broad SMARTS) is 3. The molecule has 0 radical (unpaired) electrons. The van der Waals surface area contributed by atoms with Gasteiger partial charge in [-0.15, -0.1) is 0 Å². The van der Waals surface area contributed by atoms with Crippen LogP contribution in [-0.4, -0.2) is 69.8 Å². The summed E-state index contributed by atoms with van der Waals surface area (Å²) in [6.07, 6.45) is 0.735. The molecular weight excluding hydrogens is 394 g/mol. The highest BCUT2D eigenvalue weighted by Gasteiger charge is 2.24. The van der Waals surface area contributed by atoms with Gasteiger partial charge in [0, 0.05) is 13.0 Å². The lowest BCUT2D eigenvalue weighted by atomic mass is 10.1. The summed E-state index contributed by atoms with van der Waals surface area (Å²) in [5.74, 6) is -3.80. The third kappa shape index (κ3) is 10.4. The van der Waals surface area contributed by atoms with Gasteiger partial charge >= 0.3 is 23.9 Å². The van der Waals surface area contributed by atoms with E-state index in [1.165, 1.54) is 5.56 Å². The lowest BCUT2D eigenvalue weighted by Gasteiger charge is -2.19. The highest BCUT2D eigenvalue weighted by atomic mass is 16.4. The maximum Gasteiger partial charge on any atom is 0.326 e. The Bertz CT molecular complexity index is 712. The second kappa shape index (κ2) is 13.2. The van der Waals surface area contributed by atoms with Crippen molar-refractivity contribution in [3.8, 4) is 0 Å². The molecule has 0 saturated heterocycles. The van der Waals surface area contributed by atoms with E-state index in [0.29, 0.717) is 6.42 Å². The average Bonchev–Trinajstić information content (AvgIpc) is 2.67. The minimum atomic E-state index is -1.41. The van der Waals surface area contributed by atoms with Crippen LogP contribution in [0.3, 0.4) is 0 Å². The first-order valence-electron chi connectivity index (χ1n) is 9.66. The van der Waals surface area contributed by atoms with Crippen LogP contribution in [0.4, 0.5) is 4.79 Å². The van der Waals surface area contributed by atoms with Crippen molar-refractivity contribution in [2.45, 2.75) is 50.7 Å². The predicted molar refractivity (Wildman–Crippen MR) is 108 cm³/mol. The molecule has 0 aliphatic rings. The van der Waals surface area contributed by atoms with Crippen LogP contribution in [0, 0.1) is 0 Å². The molecular formula is C20H29N3O7. The number of aliphatic carboxylic acids is 3. The third-order valence-electron chi connectivity index (χ3n) is 4.43. The molecule has 0 heterocycles. The summed E-state index contributed by atoms with van der Waals surface area (Å²) >= 11 is 0. The third-order valence-corrected chi connectivity index (χ3v) is 4.43. The summed E-state index contributed by atoms with van der Waals surface area (Å²) in [6.45, 7) is 1.53. The molecule has 0 saturated carbocycles. The number of urea groups is 1. The minimum Gasteiger partial charge on any atom is -0.481 e. The molecule has 2 atom stereocenters. The largest absolute Gasteiger partial charge is 0.481 e. The summed E-state index contributed by atoms with van der Waals surface area (Å²) < 4.78 is 0. The van der Waals surface area contributed by atoms with Gasteiger partial charge < -0.3 is 30.9 Å². The topological polar surface area (TPSA) is 156 Å². The van der Waals surface area contributed by atoms with Gasteiger partial charge in [-0.2, -0.15) is 0 Å². The second-order valence-electron chi connectivity index (χ2n) is 7.05. The summed E-state index contributed by atoms with van der Waals surface area (Å²) in [5, 5.41) is 31.3. The maximum absolute atomic E-state index is 12.0. The smallest absolute Gasteiger partial charge is 0.326 e. The Morgan fingerprint density at radius 1 is 0.900 bits per heavy atom. The van der Waals surface area contributed by atoms with E-state index in [1.807, 2.05) is 37.4 Å². The van der Waals surface area contributed by atoms with Crippen molar-refractivity contribution in [1.29, 1.82) is 0 Å². The van der Waals surface area contributed by atoms with Crippen molar-refractivity contribution in [3.63, 3.8) is 0 Å². The first-order chi connectivity index (χ1) is 14.2. The first kappa shape index (κ1) is 24.9. The number of hydrogen-bond donors (Lipinski definition) is 5. The van der Waals surface area contributed by atoms with Crippen molar-refractivity contribution in [2.24, 2.45) is 0 Å². The van der Waals surface area contributed by atoms with Crippen molar-refractivity contribution in [2.75, 3.05) is 13.6 Å². The highest BCUT2D eigenvalue weighted by Crippen LogP contribution is 2.07. The predicted octanol–water partition coefficient (Wildman–Crippen LogP) is 1.36. The molecule has 30 heavy (non-hydrogen) atoms. The van der Waals surface area contributed by atoms with Gasteiger partial charge in [-0.3, -0.25) is 4.79 Å². The summed E-state index contributed by atoms with van der Waals surface area (Å²) in [4.78, 5) is 47.2. The standard InChI is InChI=1S/C20H29N3O7/c1-23(13-14-7-3-2-4-8-14)12-6-5-9-15(18(26)27)21-20(30)22-16(19(28)29)10-11-17(24)25/h2-4,7-8,15-16H,5-6,9-13H2,1H3,(H,24,25)(H,26,27)(H,28,29)(H2,21,22,30)/t15-,16-/m0/s1. The molecule has 0 spiro atoms. The summed E-state index contributed by atoms with van der Waals surface area (Å²) in [6, 6.07) is 6.40. The van der Waals surface area contributed by atoms with Crippen LogP contribution in [0.2, 0.25) is 0 Å². The number of nitrogens with zero attached hydrogens (tertiary/aromatic N) is 1. The van der Waals surface area contributed by atoms with E-state index in [4.69, 9.17) is 10.2 Å². The lowest BCUT2D eigenvalue weighted by molar-refractivity contribution is -0.140. The number of carboxylic acids is 3. The molecule has 0 unspecified atom stereocenters. The summed E-state index contributed by atoms with van der Waals surface area (Å²) in [7, 11) is 1.97. The van der Waals surface area contributed by atoms with Gasteiger partial charge in [-0.1, -0.05) is 30.3 Å². The Labute approximate surface area is 174 Å². The Balaban J connectivity index is 2.40. The molecule has 10 nitrogen and oxygen atoms in total. The van der Waals surface area contributed by atoms with Crippen LogP contribution in [-0.2, 0) is 20.9 Å². The fourth-order valence-electron chi connectivity index (χ4n) is 2.85. The molecule has 1 rings (SSSR count). The minimum absolute atomic E-state index is 0.189. The van der Waals surface area contributed by atoms with E-state index >= 15 is 0 Å². The molecule has 2 amide bonds. The Morgan fingerprint density at radius 3 is 2.00 bits per heavy atom. The SMILES string of the molecule is CN(CCCC[C@H](NC(=O)N[C@@H](CCC(=O)O)C(=O)O)C(=O)O)Cc1ccccc1. The zero-order valence-corrected chi connectivity index (χ0v) is 16.9. The van der Waals surface area contributed by atoms with Gasteiger partial charge in [-0.25, -0.2) is 14.4 Å². The van der Waals surface area contributed by atoms with E-state index in [0.717, 1.165) is 19.5 Å². The van der Waals surface area contributed by atoms with Crippen molar-refractivity contribution in [1.82, 2.24) is 15.5 Å². The van der Waals surface area contributed by atoms with Crippen molar-refractivity contribution < 1.29 is 34.5 Å². The number of carbonyl (C=O) groups is 4. The maximum atomic E-state index is 12.0. The van der Waals surface area contributed by atoms with Crippen LogP contribution < -0.4 is 10.6 Å². The molecule has 0 fully saturated rings. The van der Waals surface area contributed by atoms with E-state index in [1.54, 1.807) is 0 Å². The molecule has 0 aliphatic carbocycles.